The molecule has 8 aromatic rings. The molecule has 0 saturated heterocycles. The molecule has 0 amide bonds. The number of anilines is 4. The predicted molar refractivity (Wildman–Crippen MR) is 353 cm³/mol. The second kappa shape index (κ2) is 29.4. The van der Waals surface area contributed by atoms with Crippen molar-refractivity contribution in [2.24, 2.45) is 0 Å². The Bertz CT molecular complexity index is 3230. The summed E-state index contributed by atoms with van der Waals surface area (Å²) >= 11 is 0. The van der Waals surface area contributed by atoms with Crippen molar-refractivity contribution in [1.82, 2.24) is 0 Å². The van der Waals surface area contributed by atoms with E-state index in [1.165, 1.54) is 0 Å². The summed E-state index contributed by atoms with van der Waals surface area (Å²) in [4.78, 5) is 4.31. The third-order valence-electron chi connectivity index (χ3n) is 14.8. The summed E-state index contributed by atoms with van der Waals surface area (Å²) in [5, 5.41) is 51.2. The normalized spacial score (nSPS) is 11.5. The van der Waals surface area contributed by atoms with E-state index < -0.39 is 0 Å². The van der Waals surface area contributed by atoms with Gasteiger partial charge in [-0.25, -0.2) is 0 Å². The van der Waals surface area contributed by atoms with Crippen LogP contribution in [0.5, 0.6) is 34.5 Å². The van der Waals surface area contributed by atoms with E-state index in [9.17, 15) is 20.4 Å². The summed E-state index contributed by atoms with van der Waals surface area (Å²) in [6.45, 7) is 35.6. The average Bonchev–Trinajstić information content (AvgIpc) is 3.62. The van der Waals surface area contributed by atoms with Gasteiger partial charge in [0.25, 0.3) is 0 Å². The molecule has 9 heteroatoms. The van der Waals surface area contributed by atoms with E-state index >= 15 is 0 Å². The molecule has 0 atom stereocenters. The molecular weight excluding hydrogens is 1220 g/mol. The maximum atomic E-state index is 13.9. The molecule has 8 rings (SSSR count). The number of phenolic OH excluding ortho intramolecular Hbond substituents is 2. The third-order valence-corrected chi connectivity index (χ3v) is 14.8. The minimum atomic E-state index is -0.280. The van der Waals surface area contributed by atoms with E-state index in [0.29, 0.717) is 50.3 Å². The van der Waals surface area contributed by atoms with Crippen LogP contribution in [0, 0.1) is 42.5 Å². The van der Waals surface area contributed by atoms with Crippen molar-refractivity contribution < 1.29 is 55.7 Å². The van der Waals surface area contributed by atoms with Gasteiger partial charge in [0.2, 0.25) is 0 Å². The molecule has 448 valence electrons. The van der Waals surface area contributed by atoms with E-state index in [0.717, 1.165) is 89.9 Å². The molecule has 0 saturated carbocycles. The summed E-state index contributed by atoms with van der Waals surface area (Å²) in [6, 6.07) is 51.9. The summed E-state index contributed by atoms with van der Waals surface area (Å²) in [5.41, 5.74) is 12.9. The number of para-hydroxylation sites is 4. The van der Waals surface area contributed by atoms with E-state index in [2.05, 4.69) is 119 Å². The maximum absolute atomic E-state index is 13.9. The molecule has 8 nitrogen and oxygen atoms in total. The first kappa shape index (κ1) is 70.5. The Kier molecular flexibility index (Phi) is 24.4. The molecule has 0 bridgehead atoms. The molecule has 0 aromatic heterocycles. The van der Waals surface area contributed by atoms with Crippen LogP contribution in [0.1, 0.15) is 140 Å². The van der Waals surface area contributed by atoms with Crippen LogP contribution >= 0.6 is 0 Å². The molecule has 0 heterocycles. The zero-order valence-corrected chi connectivity index (χ0v) is 57.8. The van der Waals surface area contributed by atoms with Crippen molar-refractivity contribution in [3.8, 4) is 56.8 Å². The number of benzene rings is 8. The second-order valence-electron chi connectivity index (χ2n) is 26.1. The smallest absolute Gasteiger partial charge is 0.872 e. The zero-order valence-electron chi connectivity index (χ0n) is 54.2. The van der Waals surface area contributed by atoms with Crippen molar-refractivity contribution in [2.75, 3.05) is 36.1 Å². The van der Waals surface area contributed by atoms with Crippen molar-refractivity contribution in [1.29, 1.82) is 0 Å². The van der Waals surface area contributed by atoms with Crippen molar-refractivity contribution in [2.45, 2.75) is 145 Å². The monoisotopic (exact) mass is 1310 g/mol. The summed E-state index contributed by atoms with van der Waals surface area (Å²) < 4.78 is 12.0. The Balaban J connectivity index is 0.000000352. The van der Waals surface area contributed by atoms with E-state index in [-0.39, 0.29) is 85.4 Å². The minimum Gasteiger partial charge on any atom is -0.872 e. The van der Waals surface area contributed by atoms with Crippen LogP contribution in [-0.4, -0.2) is 36.5 Å². The Morgan fingerprint density at radius 2 is 0.647 bits per heavy atom. The van der Waals surface area contributed by atoms with Gasteiger partial charge in [-0.3, -0.25) is 0 Å². The minimum absolute atomic E-state index is 0. The topological polar surface area (TPSA) is 112 Å². The number of ether oxygens (including phenoxy) is 2. The molecule has 8 aromatic carbocycles. The third kappa shape index (κ3) is 17.6. The molecule has 0 spiro atoms. The van der Waals surface area contributed by atoms with Gasteiger partial charge >= 0.3 is 25.8 Å². The van der Waals surface area contributed by atoms with Crippen LogP contribution in [0.3, 0.4) is 0 Å². The van der Waals surface area contributed by atoms with Crippen molar-refractivity contribution in [3.05, 3.63) is 217 Å². The van der Waals surface area contributed by atoms with E-state index in [4.69, 9.17) is 9.47 Å². The van der Waals surface area contributed by atoms with Gasteiger partial charge in [0.05, 0.1) is 24.6 Å². The first-order valence-electron chi connectivity index (χ1n) is 29.0. The van der Waals surface area contributed by atoms with Gasteiger partial charge in [-0.1, -0.05) is 215 Å². The number of hydrogen-bond acceptors (Lipinski definition) is 8. The number of phenols is 2. The Hall–Kier alpha value is -6.97. The van der Waals surface area contributed by atoms with Gasteiger partial charge in [-0.15, -0.1) is 0 Å². The first-order valence-corrected chi connectivity index (χ1v) is 29.0. The molecule has 0 aliphatic rings. The first-order chi connectivity index (χ1) is 38.5. The van der Waals surface area contributed by atoms with Gasteiger partial charge < -0.3 is 54.6 Å². The van der Waals surface area contributed by atoms with E-state index in [1.807, 2.05) is 159 Å². The van der Waals surface area contributed by atoms with Crippen LogP contribution in [0.4, 0.5) is 22.7 Å². The zero-order chi connectivity index (χ0) is 59.9. The molecule has 0 aliphatic heterocycles. The fourth-order valence-electron chi connectivity index (χ4n) is 10.6. The van der Waals surface area contributed by atoms with Crippen LogP contribution in [0.15, 0.2) is 158 Å². The fraction of sp³-hybridized carbons (Fsp3) is 0.342. The Morgan fingerprint density at radius 1 is 0.365 bits per heavy atom. The van der Waals surface area contributed by atoms with Gasteiger partial charge in [-0.05, 0) is 144 Å². The van der Waals surface area contributed by atoms with Crippen molar-refractivity contribution >= 4 is 22.7 Å². The van der Waals surface area contributed by atoms with Gasteiger partial charge in [-0.2, -0.15) is 0 Å². The Morgan fingerprint density at radius 3 is 0.965 bits per heavy atom. The average molecular weight is 1310 g/mol. The van der Waals surface area contributed by atoms with Crippen LogP contribution in [0.2, 0.25) is 0 Å². The number of aromatic hydroxyl groups is 2. The number of hydrogen-bond donors (Lipinski definition) is 2. The summed E-state index contributed by atoms with van der Waals surface area (Å²) in [6.07, 6.45) is 1.43. The van der Waals surface area contributed by atoms with Gasteiger partial charge in [0.1, 0.15) is 23.0 Å². The van der Waals surface area contributed by atoms with E-state index in [1.54, 1.807) is 0 Å². The van der Waals surface area contributed by atoms with Crippen LogP contribution < -0.4 is 29.5 Å². The molecule has 0 aliphatic carbocycles. The second-order valence-corrected chi connectivity index (χ2v) is 26.1. The molecule has 0 radical (unpaired) electrons. The fourth-order valence-corrected chi connectivity index (χ4v) is 10.6. The number of rotatable bonds is 16. The largest absolute Gasteiger partial charge is 4.00 e. The standard InChI is InChI=1S/2C37H45NO3.2CH3.Hf/c2*1-25-21-29(34(39)30(22-25)36(3,4)5)28-17-12-13-18-32(28)38(19-14-20-41-27-15-10-9-11-16-27)33-24-26(2)23-31(35(33)40)37(6,7)8;;;/h2*9-13,15-18,21-24,39-40H,14,19-20H2,1-8H3;2*1H3;/q;;2*-1;+4/p-2. The SMILES string of the molecule is Cc1cc(-c2ccccc2N(CCCOc2ccccc2)c2cc(C)cc(C(C)(C)C)c2O)c([O-])c(C(C)(C)C)c1.Cc1cc(-c2ccccc2N(CCCOc2ccccc2)c2cc(C)cc(C(C)(C)C)c2O)c([O-])c(C(C)(C)C)c1.[CH3-].[CH3-].[Hf+4]. The quantitative estimate of drug-likeness (QED) is 0.0559. The summed E-state index contributed by atoms with van der Waals surface area (Å²) in [5.74, 6) is 2.29. The number of nitrogens with zero attached hydrogens (tertiary/aromatic N) is 2. The number of aryl methyl sites for hydroxylation is 4. The van der Waals surface area contributed by atoms with Gasteiger partial charge in [0, 0.05) is 46.7 Å². The maximum Gasteiger partial charge on any atom is 4.00 e. The predicted octanol–water partition coefficient (Wildman–Crippen LogP) is 18.8. The molecular formula is C76H94HfN2O6. The van der Waals surface area contributed by atoms with Crippen molar-refractivity contribution in [3.63, 3.8) is 0 Å². The molecule has 0 fully saturated rings. The van der Waals surface area contributed by atoms with Gasteiger partial charge in [0.15, 0.2) is 0 Å². The summed E-state index contributed by atoms with van der Waals surface area (Å²) in [7, 11) is 0. The Labute approximate surface area is 530 Å². The van der Waals surface area contributed by atoms with Crippen LogP contribution in [0.25, 0.3) is 22.3 Å². The molecule has 2 N–H and O–H groups in total. The molecule has 0 unspecified atom stereocenters. The molecule has 85 heavy (non-hydrogen) atoms. The van der Waals surface area contributed by atoms with Crippen LogP contribution in [-0.2, 0) is 47.5 Å².